The molecule has 154 valence electrons. The highest BCUT2D eigenvalue weighted by Crippen LogP contribution is 2.34. The number of hydrogen-bond donors (Lipinski definition) is 2. The molecule has 28 heavy (non-hydrogen) atoms. The first-order valence-electron chi connectivity index (χ1n) is 8.48. The van der Waals surface area contributed by atoms with Crippen molar-refractivity contribution in [2.75, 3.05) is 13.2 Å². The van der Waals surface area contributed by atoms with Gasteiger partial charge in [0, 0.05) is 12.8 Å². The summed E-state index contributed by atoms with van der Waals surface area (Å²) in [5.74, 6) is -2.24. The first-order valence-corrected chi connectivity index (χ1v) is 9.24. The lowest BCUT2D eigenvalue weighted by Crippen LogP contribution is -2.26. The van der Waals surface area contributed by atoms with E-state index in [1.807, 2.05) is 0 Å². The lowest BCUT2D eigenvalue weighted by molar-refractivity contribution is 0.0222. The Morgan fingerprint density at radius 3 is 2.21 bits per heavy atom. The van der Waals surface area contributed by atoms with Crippen LogP contribution >= 0.6 is 35.6 Å². The Morgan fingerprint density at radius 1 is 1.04 bits per heavy atom. The number of aliphatic hydroxyl groups excluding tert-OH is 1. The molecule has 0 saturated carbocycles. The van der Waals surface area contributed by atoms with Crippen LogP contribution in [0.15, 0.2) is 30.3 Å². The molecule has 9 heteroatoms. The van der Waals surface area contributed by atoms with Gasteiger partial charge in [0.1, 0.15) is 6.10 Å². The minimum atomic E-state index is -1.34. The summed E-state index contributed by atoms with van der Waals surface area (Å²) in [6.45, 7) is 0.979. The molecule has 0 amide bonds. The molecule has 0 bridgehead atoms. The van der Waals surface area contributed by atoms with E-state index in [9.17, 15) is 13.9 Å². The summed E-state index contributed by atoms with van der Waals surface area (Å²) in [4.78, 5) is 0. The topological polar surface area (TPSA) is 64.7 Å². The molecule has 1 fully saturated rings. The fraction of sp³-hybridized carbons (Fsp3) is 0.368. The fourth-order valence-electron chi connectivity index (χ4n) is 2.93. The SMILES string of the molecule is Cl.N[C@@H](c1ccc(Cl)c(Cl)c1)[C@H](O)c1cc(F)c(OC2CCOCC2)c(F)c1. The van der Waals surface area contributed by atoms with E-state index in [1.165, 1.54) is 12.1 Å². The zero-order valence-corrected chi connectivity index (χ0v) is 17.0. The van der Waals surface area contributed by atoms with Gasteiger partial charge in [-0.25, -0.2) is 8.78 Å². The molecule has 3 rings (SSSR count). The van der Waals surface area contributed by atoms with Gasteiger partial charge in [-0.1, -0.05) is 29.3 Å². The highest BCUT2D eigenvalue weighted by molar-refractivity contribution is 6.42. The van der Waals surface area contributed by atoms with Crippen LogP contribution in [-0.2, 0) is 4.74 Å². The molecule has 4 nitrogen and oxygen atoms in total. The lowest BCUT2D eigenvalue weighted by Gasteiger charge is -2.25. The molecule has 2 aromatic carbocycles. The second-order valence-electron chi connectivity index (χ2n) is 6.39. The average molecular weight is 455 g/mol. The van der Waals surface area contributed by atoms with Crippen LogP contribution in [0.1, 0.15) is 36.1 Å². The normalized spacial score (nSPS) is 16.9. The van der Waals surface area contributed by atoms with E-state index in [-0.39, 0.29) is 29.1 Å². The van der Waals surface area contributed by atoms with Crippen molar-refractivity contribution in [3.63, 3.8) is 0 Å². The van der Waals surface area contributed by atoms with E-state index >= 15 is 0 Å². The summed E-state index contributed by atoms with van der Waals surface area (Å²) in [6, 6.07) is 5.75. The summed E-state index contributed by atoms with van der Waals surface area (Å²) < 4.78 is 39.5. The first kappa shape index (κ1) is 23.1. The molecule has 1 saturated heterocycles. The molecule has 3 N–H and O–H groups in total. The van der Waals surface area contributed by atoms with Gasteiger partial charge in [0.2, 0.25) is 0 Å². The summed E-state index contributed by atoms with van der Waals surface area (Å²) in [6.07, 6.45) is -0.531. The molecule has 2 atom stereocenters. The summed E-state index contributed by atoms with van der Waals surface area (Å²) in [7, 11) is 0. The van der Waals surface area contributed by atoms with E-state index < -0.39 is 29.5 Å². The van der Waals surface area contributed by atoms with Crippen molar-refractivity contribution in [1.29, 1.82) is 0 Å². The van der Waals surface area contributed by atoms with Crippen LogP contribution in [0.5, 0.6) is 5.75 Å². The standard InChI is InChI=1S/C19H19Cl2F2NO3.ClH/c20-13-2-1-10(7-14(13)21)17(24)18(25)11-8-15(22)19(16(23)9-11)27-12-3-5-26-6-4-12;/h1-2,7-9,12,17-18,25H,3-6,24H2;1H/t17-,18+;/m0./s1. The van der Waals surface area contributed by atoms with Crippen molar-refractivity contribution in [2.24, 2.45) is 5.73 Å². The molecule has 0 spiro atoms. The molecule has 2 aromatic rings. The highest BCUT2D eigenvalue weighted by Gasteiger charge is 2.25. The van der Waals surface area contributed by atoms with Gasteiger partial charge in [-0.2, -0.15) is 0 Å². The predicted octanol–water partition coefficient (Wildman–Crippen LogP) is 4.98. The Labute approximate surface area is 177 Å². The number of halogens is 5. The number of hydrogen-bond acceptors (Lipinski definition) is 4. The minimum absolute atomic E-state index is 0. The molecular weight excluding hydrogens is 435 g/mol. The lowest BCUT2D eigenvalue weighted by atomic mass is 9.96. The molecule has 1 heterocycles. The van der Waals surface area contributed by atoms with Crippen LogP contribution in [0.25, 0.3) is 0 Å². The zero-order valence-electron chi connectivity index (χ0n) is 14.7. The van der Waals surface area contributed by atoms with Crippen LogP contribution in [0.4, 0.5) is 8.78 Å². The van der Waals surface area contributed by atoms with Gasteiger partial charge < -0.3 is 20.3 Å². The minimum Gasteiger partial charge on any atom is -0.484 e. The summed E-state index contributed by atoms with van der Waals surface area (Å²) in [5, 5.41) is 11.1. The third-order valence-corrected chi connectivity index (χ3v) is 5.22. The Balaban J connectivity index is 0.00000280. The predicted molar refractivity (Wildman–Crippen MR) is 106 cm³/mol. The van der Waals surface area contributed by atoms with Crippen molar-refractivity contribution in [1.82, 2.24) is 0 Å². The van der Waals surface area contributed by atoms with Crippen molar-refractivity contribution in [3.8, 4) is 5.75 Å². The average Bonchev–Trinajstić information content (AvgIpc) is 2.66. The first-order chi connectivity index (χ1) is 12.9. The Hall–Kier alpha value is -1.15. The maximum Gasteiger partial charge on any atom is 0.191 e. The van der Waals surface area contributed by atoms with Crippen LogP contribution in [0.2, 0.25) is 10.0 Å². The maximum atomic E-state index is 14.4. The third-order valence-electron chi connectivity index (χ3n) is 4.48. The van der Waals surface area contributed by atoms with E-state index in [1.54, 1.807) is 6.07 Å². The van der Waals surface area contributed by atoms with Gasteiger partial charge >= 0.3 is 0 Å². The number of nitrogens with two attached hydrogens (primary N) is 1. The van der Waals surface area contributed by atoms with Crippen molar-refractivity contribution in [2.45, 2.75) is 31.1 Å². The quantitative estimate of drug-likeness (QED) is 0.668. The van der Waals surface area contributed by atoms with E-state index in [0.717, 1.165) is 12.1 Å². The second-order valence-corrected chi connectivity index (χ2v) is 7.20. The molecule has 0 unspecified atom stereocenters. The van der Waals surface area contributed by atoms with Crippen molar-refractivity contribution < 1.29 is 23.4 Å². The second kappa shape index (κ2) is 10.1. The Bertz CT molecular complexity index is 796. The monoisotopic (exact) mass is 453 g/mol. The molecule has 1 aliphatic heterocycles. The fourth-order valence-corrected chi connectivity index (χ4v) is 3.24. The number of benzene rings is 2. The highest BCUT2D eigenvalue weighted by atomic mass is 35.5. The number of ether oxygens (including phenoxy) is 2. The number of aliphatic hydroxyl groups is 1. The maximum absolute atomic E-state index is 14.4. The van der Waals surface area contributed by atoms with Gasteiger partial charge in [-0.15, -0.1) is 12.4 Å². The molecule has 0 aliphatic carbocycles. The molecular formula is C19H20Cl3F2NO3. The summed E-state index contributed by atoms with van der Waals surface area (Å²) in [5.41, 5.74) is 6.52. The Kier molecular flexibility index (Phi) is 8.30. The molecule has 0 radical (unpaired) electrons. The van der Waals surface area contributed by atoms with Crippen molar-refractivity contribution in [3.05, 3.63) is 63.1 Å². The van der Waals surface area contributed by atoms with Crippen LogP contribution in [-0.4, -0.2) is 24.4 Å². The van der Waals surface area contributed by atoms with Gasteiger partial charge in [0.05, 0.1) is 35.4 Å². The third kappa shape index (κ3) is 5.26. The van der Waals surface area contributed by atoms with Gasteiger partial charge in [-0.3, -0.25) is 0 Å². The van der Waals surface area contributed by atoms with Crippen LogP contribution < -0.4 is 10.5 Å². The van der Waals surface area contributed by atoms with E-state index in [2.05, 4.69) is 0 Å². The smallest absolute Gasteiger partial charge is 0.191 e. The van der Waals surface area contributed by atoms with E-state index in [4.69, 9.17) is 38.4 Å². The molecule has 1 aliphatic rings. The number of rotatable bonds is 5. The Morgan fingerprint density at radius 2 is 1.64 bits per heavy atom. The van der Waals surface area contributed by atoms with Gasteiger partial charge in [0.15, 0.2) is 17.4 Å². The zero-order chi connectivity index (χ0) is 19.6. The van der Waals surface area contributed by atoms with Gasteiger partial charge in [0.25, 0.3) is 0 Å². The molecule has 0 aromatic heterocycles. The van der Waals surface area contributed by atoms with Crippen LogP contribution in [0.3, 0.4) is 0 Å². The van der Waals surface area contributed by atoms with Crippen molar-refractivity contribution >= 4 is 35.6 Å². The largest absolute Gasteiger partial charge is 0.484 e. The summed E-state index contributed by atoms with van der Waals surface area (Å²) >= 11 is 11.8. The van der Waals surface area contributed by atoms with E-state index in [0.29, 0.717) is 36.6 Å². The van der Waals surface area contributed by atoms with Crippen LogP contribution in [0, 0.1) is 11.6 Å². The van der Waals surface area contributed by atoms with Gasteiger partial charge in [-0.05, 0) is 35.4 Å².